The van der Waals surface area contributed by atoms with Crippen molar-refractivity contribution in [2.45, 2.75) is 37.9 Å². The van der Waals surface area contributed by atoms with Crippen LogP contribution in [0.4, 0.5) is 0 Å². The molecule has 0 aromatic heterocycles. The van der Waals surface area contributed by atoms with Gasteiger partial charge in [0.2, 0.25) is 17.7 Å². The van der Waals surface area contributed by atoms with Crippen molar-refractivity contribution in [2.75, 3.05) is 30.6 Å². The van der Waals surface area contributed by atoms with Crippen LogP contribution in [0.25, 0.3) is 0 Å². The van der Waals surface area contributed by atoms with Crippen LogP contribution in [0, 0.1) is 0 Å². The molecule has 9 nitrogen and oxygen atoms in total. The number of hydrogen-bond acceptors (Lipinski definition) is 7. The molecule has 0 aromatic rings. The monoisotopic (exact) mass is 408 g/mol. The molecule has 0 aromatic carbocycles. The minimum Gasteiger partial charge on any atom is -0.480 e. The average molecular weight is 409 g/mol. The molecule has 0 aliphatic carbocycles. The number of carboxylic acid groups (broad SMARTS) is 1. The maximum absolute atomic E-state index is 11.9. The molecule has 150 valence electrons. The highest BCUT2D eigenvalue weighted by Gasteiger charge is 2.22. The van der Waals surface area contributed by atoms with Gasteiger partial charge in [-0.25, -0.2) is 4.79 Å². The maximum Gasteiger partial charge on any atom is 0.326 e. The quantitative estimate of drug-likeness (QED) is 0.261. The normalized spacial score (nSPS) is 14.0. The van der Waals surface area contributed by atoms with Crippen molar-refractivity contribution in [1.82, 2.24) is 16.0 Å². The first-order valence-corrected chi connectivity index (χ1v) is 10.8. The van der Waals surface area contributed by atoms with Gasteiger partial charge in [0.1, 0.15) is 12.1 Å². The minimum absolute atomic E-state index is 0.288. The molecule has 0 aliphatic rings. The molecule has 26 heavy (non-hydrogen) atoms. The van der Waals surface area contributed by atoms with Crippen LogP contribution in [0.5, 0.6) is 0 Å². The van der Waals surface area contributed by atoms with Crippen LogP contribution in [0.15, 0.2) is 0 Å². The Morgan fingerprint density at radius 2 is 1.58 bits per heavy atom. The molecule has 0 aliphatic heterocycles. The standard InChI is InChI=1S/C15H28N4O5S2/c1-9(18-14(22)10(16)4-6-25-2)13(21)17-8-12(20)19-11(15(23)24)5-7-26-3/h9-11H,4-8,16H2,1-3H3,(H,17,21)(H,18,22)(H,19,20)(H,23,24). The van der Waals surface area contributed by atoms with Gasteiger partial charge in [-0.3, -0.25) is 14.4 Å². The van der Waals surface area contributed by atoms with Gasteiger partial charge < -0.3 is 26.8 Å². The van der Waals surface area contributed by atoms with Crippen molar-refractivity contribution in [3.8, 4) is 0 Å². The number of rotatable bonds is 13. The Hall–Kier alpha value is -1.46. The SMILES string of the molecule is CSCCC(N)C(=O)NC(C)C(=O)NCC(=O)NC(CCSC)C(=O)O. The fourth-order valence-corrected chi connectivity index (χ4v) is 2.78. The fourth-order valence-electron chi connectivity index (χ4n) is 1.82. The van der Waals surface area contributed by atoms with E-state index in [0.717, 1.165) is 5.75 Å². The summed E-state index contributed by atoms with van der Waals surface area (Å²) < 4.78 is 0. The van der Waals surface area contributed by atoms with E-state index in [4.69, 9.17) is 10.8 Å². The lowest BCUT2D eigenvalue weighted by Crippen LogP contribution is -2.52. The van der Waals surface area contributed by atoms with Crippen molar-refractivity contribution in [3.63, 3.8) is 0 Å². The molecule has 6 N–H and O–H groups in total. The van der Waals surface area contributed by atoms with Crippen molar-refractivity contribution in [3.05, 3.63) is 0 Å². The van der Waals surface area contributed by atoms with Gasteiger partial charge in [-0.2, -0.15) is 23.5 Å². The first-order chi connectivity index (χ1) is 12.2. The number of carbonyl (C=O) groups is 4. The Morgan fingerprint density at radius 1 is 1.00 bits per heavy atom. The predicted molar refractivity (Wildman–Crippen MR) is 104 cm³/mol. The first kappa shape index (κ1) is 24.5. The molecule has 0 radical (unpaired) electrons. The Morgan fingerprint density at radius 3 is 2.12 bits per heavy atom. The first-order valence-electron chi connectivity index (χ1n) is 8.06. The molecule has 0 saturated carbocycles. The highest BCUT2D eigenvalue weighted by atomic mass is 32.2. The fraction of sp³-hybridized carbons (Fsp3) is 0.733. The van der Waals surface area contributed by atoms with E-state index in [2.05, 4.69) is 16.0 Å². The number of nitrogens with two attached hydrogens (primary N) is 1. The molecule has 0 fully saturated rings. The molecule has 3 atom stereocenters. The maximum atomic E-state index is 11.9. The number of carbonyl (C=O) groups excluding carboxylic acids is 3. The zero-order valence-corrected chi connectivity index (χ0v) is 16.9. The van der Waals surface area contributed by atoms with Crippen LogP contribution in [0.1, 0.15) is 19.8 Å². The summed E-state index contributed by atoms with van der Waals surface area (Å²) in [5, 5.41) is 16.3. The van der Waals surface area contributed by atoms with Gasteiger partial charge in [-0.15, -0.1) is 0 Å². The van der Waals surface area contributed by atoms with Crippen LogP contribution in [-0.2, 0) is 19.2 Å². The molecule has 3 unspecified atom stereocenters. The van der Waals surface area contributed by atoms with Crippen LogP contribution in [-0.4, -0.2) is 77.5 Å². The smallest absolute Gasteiger partial charge is 0.326 e. The lowest BCUT2D eigenvalue weighted by atomic mass is 10.2. The van der Waals surface area contributed by atoms with Gasteiger partial charge in [0.25, 0.3) is 0 Å². The van der Waals surface area contributed by atoms with Gasteiger partial charge >= 0.3 is 5.97 Å². The van der Waals surface area contributed by atoms with Crippen LogP contribution >= 0.6 is 23.5 Å². The summed E-state index contributed by atoms with van der Waals surface area (Å²) in [6.45, 7) is 1.10. The molecular formula is C15H28N4O5S2. The van der Waals surface area contributed by atoms with Crippen LogP contribution in [0.3, 0.4) is 0 Å². The number of nitrogens with one attached hydrogen (secondary N) is 3. The van der Waals surface area contributed by atoms with E-state index in [9.17, 15) is 19.2 Å². The van der Waals surface area contributed by atoms with E-state index in [0.29, 0.717) is 12.2 Å². The van der Waals surface area contributed by atoms with Crippen molar-refractivity contribution in [1.29, 1.82) is 0 Å². The van der Waals surface area contributed by atoms with E-state index >= 15 is 0 Å². The number of amides is 3. The predicted octanol–water partition coefficient (Wildman–Crippen LogP) is -0.990. The third-order valence-electron chi connectivity index (χ3n) is 3.39. The zero-order valence-electron chi connectivity index (χ0n) is 15.2. The number of aliphatic carboxylic acids is 1. The Labute approximate surface area is 162 Å². The van der Waals surface area contributed by atoms with Gasteiger partial charge in [0.05, 0.1) is 12.6 Å². The molecule has 0 bridgehead atoms. The zero-order chi connectivity index (χ0) is 20.1. The molecule has 11 heteroatoms. The van der Waals surface area contributed by atoms with Gasteiger partial charge in [0, 0.05) is 0 Å². The summed E-state index contributed by atoms with van der Waals surface area (Å²) in [5.41, 5.74) is 5.72. The average Bonchev–Trinajstić information content (AvgIpc) is 2.60. The van der Waals surface area contributed by atoms with Crippen molar-refractivity contribution < 1.29 is 24.3 Å². The van der Waals surface area contributed by atoms with E-state index < -0.39 is 41.8 Å². The summed E-state index contributed by atoms with van der Waals surface area (Å²) in [6, 6.07) is -2.56. The van der Waals surface area contributed by atoms with Gasteiger partial charge in [0.15, 0.2) is 0 Å². The largest absolute Gasteiger partial charge is 0.480 e. The van der Waals surface area contributed by atoms with Gasteiger partial charge in [-0.1, -0.05) is 0 Å². The molecule has 3 amide bonds. The van der Waals surface area contributed by atoms with Crippen molar-refractivity contribution in [2.24, 2.45) is 5.73 Å². The Kier molecular flexibility index (Phi) is 12.9. The molecular weight excluding hydrogens is 380 g/mol. The van der Waals surface area contributed by atoms with E-state index in [-0.39, 0.29) is 13.0 Å². The summed E-state index contributed by atoms with van der Waals surface area (Å²) in [4.78, 5) is 46.7. The van der Waals surface area contributed by atoms with E-state index in [1.54, 1.807) is 11.8 Å². The Bertz CT molecular complexity index is 493. The lowest BCUT2D eigenvalue weighted by molar-refractivity contribution is -0.141. The minimum atomic E-state index is -1.13. The van der Waals surface area contributed by atoms with E-state index in [1.165, 1.54) is 18.7 Å². The summed E-state index contributed by atoms with van der Waals surface area (Å²) >= 11 is 3.04. The summed E-state index contributed by atoms with van der Waals surface area (Å²) in [5.74, 6) is -1.41. The summed E-state index contributed by atoms with van der Waals surface area (Å²) in [6.07, 6.45) is 4.53. The summed E-state index contributed by atoms with van der Waals surface area (Å²) in [7, 11) is 0. The second kappa shape index (κ2) is 13.7. The number of thioether (sulfide) groups is 2. The Balaban J connectivity index is 4.31. The molecule has 0 spiro atoms. The third kappa shape index (κ3) is 10.5. The second-order valence-corrected chi connectivity index (χ2v) is 7.55. The highest BCUT2D eigenvalue weighted by molar-refractivity contribution is 7.98. The lowest BCUT2D eigenvalue weighted by Gasteiger charge is -2.18. The highest BCUT2D eigenvalue weighted by Crippen LogP contribution is 2.01. The number of hydrogen-bond donors (Lipinski definition) is 5. The van der Waals surface area contributed by atoms with E-state index in [1.807, 2.05) is 12.5 Å². The molecule has 0 saturated heterocycles. The van der Waals surface area contributed by atoms with Crippen LogP contribution in [0.2, 0.25) is 0 Å². The molecule has 0 rings (SSSR count). The van der Waals surface area contributed by atoms with Gasteiger partial charge in [-0.05, 0) is 43.8 Å². The van der Waals surface area contributed by atoms with Crippen molar-refractivity contribution >= 4 is 47.2 Å². The topological polar surface area (TPSA) is 151 Å². The second-order valence-electron chi connectivity index (χ2n) is 5.58. The third-order valence-corrected chi connectivity index (χ3v) is 4.68. The molecule has 0 heterocycles. The number of carboxylic acids is 1. The van der Waals surface area contributed by atoms with Crippen LogP contribution < -0.4 is 21.7 Å².